The number of hydrogen-bond acceptors (Lipinski definition) is 1. The molecule has 0 atom stereocenters. The molecular formula is C42H42OSi2. The van der Waals surface area contributed by atoms with Gasteiger partial charge >= 0.3 is 0 Å². The summed E-state index contributed by atoms with van der Waals surface area (Å²) in [7, 11) is -4.39. The molecule has 3 heteroatoms. The van der Waals surface area contributed by atoms with Crippen molar-refractivity contribution in [3.8, 4) is 44.5 Å². The average molecular weight is 619 g/mol. The van der Waals surface area contributed by atoms with Gasteiger partial charge in [0.2, 0.25) is 0 Å². The largest absolute Gasteiger partial charge is 0.455 e. The van der Waals surface area contributed by atoms with Gasteiger partial charge in [-0.3, -0.25) is 0 Å². The van der Waals surface area contributed by atoms with E-state index < -0.39 is 16.6 Å². The van der Waals surface area contributed by atoms with Crippen molar-refractivity contribution in [1.82, 2.24) is 0 Å². The monoisotopic (exact) mass is 618 g/mol. The van der Waals surface area contributed by atoms with Crippen LogP contribution in [0, 0.1) is 0 Å². The zero-order chi connectivity index (χ0) is 31.3. The highest BCUT2D eigenvalue weighted by Gasteiger charge is 2.36. The van der Waals surface area contributed by atoms with E-state index in [-0.39, 0.29) is 0 Å². The fourth-order valence-electron chi connectivity index (χ4n) is 6.78. The topological polar surface area (TPSA) is 9.23 Å². The summed E-state index contributed by atoms with van der Waals surface area (Å²) in [5.41, 5.74) is 13.1. The molecule has 6 aromatic rings. The van der Waals surface area contributed by atoms with E-state index in [1.807, 2.05) is 0 Å². The zero-order valence-corrected chi connectivity index (χ0v) is 28.8. The van der Waals surface area contributed by atoms with Crippen LogP contribution in [0.4, 0.5) is 0 Å². The molecule has 0 aromatic heterocycles. The summed E-state index contributed by atoms with van der Waals surface area (Å²) >= 11 is 0. The molecule has 0 aliphatic rings. The van der Waals surface area contributed by atoms with E-state index in [2.05, 4.69) is 184 Å². The quantitative estimate of drug-likeness (QED) is 0.139. The number of rotatable bonds is 10. The van der Waals surface area contributed by atoms with Gasteiger partial charge in [-0.2, -0.15) is 0 Å². The summed E-state index contributed by atoms with van der Waals surface area (Å²) in [6.45, 7) is 9.66. The predicted molar refractivity (Wildman–Crippen MR) is 198 cm³/mol. The lowest BCUT2D eigenvalue weighted by Gasteiger charge is -2.36. The van der Waals surface area contributed by atoms with Crippen molar-refractivity contribution in [1.29, 1.82) is 0 Å². The molecule has 0 amide bonds. The van der Waals surface area contributed by atoms with Gasteiger partial charge in [-0.15, -0.1) is 0 Å². The van der Waals surface area contributed by atoms with Crippen molar-refractivity contribution in [3.63, 3.8) is 0 Å². The number of benzene rings is 6. The Balaban J connectivity index is 1.37. The van der Waals surface area contributed by atoms with Crippen LogP contribution >= 0.6 is 0 Å². The summed E-state index contributed by atoms with van der Waals surface area (Å²) in [5, 5.41) is 0. The Kier molecular flexibility index (Phi) is 9.13. The molecule has 0 aliphatic carbocycles. The fraction of sp³-hybridized carbons (Fsp3) is 0.143. The van der Waals surface area contributed by atoms with Crippen LogP contribution in [0.3, 0.4) is 0 Å². The van der Waals surface area contributed by atoms with E-state index in [0.717, 1.165) is 12.1 Å². The second-order valence-corrected chi connectivity index (χ2v) is 21.7. The maximum absolute atomic E-state index is 7.47. The van der Waals surface area contributed by atoms with Crippen molar-refractivity contribution >= 4 is 16.6 Å². The Morgan fingerprint density at radius 3 is 0.822 bits per heavy atom. The van der Waals surface area contributed by atoms with Crippen molar-refractivity contribution in [2.24, 2.45) is 0 Å². The van der Waals surface area contributed by atoms with Crippen LogP contribution in [0.15, 0.2) is 158 Å². The van der Waals surface area contributed by atoms with Crippen LogP contribution in [0.25, 0.3) is 44.5 Å². The predicted octanol–water partition coefficient (Wildman–Crippen LogP) is 11.6. The van der Waals surface area contributed by atoms with E-state index in [1.54, 1.807) is 0 Å². The first-order valence-electron chi connectivity index (χ1n) is 16.0. The lowest BCUT2D eigenvalue weighted by atomic mass is 9.93. The van der Waals surface area contributed by atoms with Gasteiger partial charge in [-0.1, -0.05) is 158 Å². The maximum Gasteiger partial charge on any atom is 0.177 e. The van der Waals surface area contributed by atoms with Gasteiger partial charge in [-0.05, 0) is 93.9 Å². The highest BCUT2D eigenvalue weighted by Crippen LogP contribution is 2.38. The van der Waals surface area contributed by atoms with Gasteiger partial charge in [0.1, 0.15) is 0 Å². The summed E-state index contributed by atoms with van der Waals surface area (Å²) < 4.78 is 7.47. The van der Waals surface area contributed by atoms with Crippen LogP contribution in [0.5, 0.6) is 0 Å². The minimum Gasteiger partial charge on any atom is -0.455 e. The molecule has 6 rings (SSSR count). The molecule has 1 nitrogen and oxygen atoms in total. The summed E-state index contributed by atoms with van der Waals surface area (Å²) in [4.78, 5) is 0. The van der Waals surface area contributed by atoms with Gasteiger partial charge in [0.05, 0.1) is 0 Å². The second-order valence-electron chi connectivity index (χ2n) is 13.1. The van der Waals surface area contributed by atoms with Crippen molar-refractivity contribution in [2.75, 3.05) is 0 Å². The number of hydrogen-bond donors (Lipinski definition) is 0. The van der Waals surface area contributed by atoms with Crippen molar-refractivity contribution in [2.45, 2.75) is 38.3 Å². The van der Waals surface area contributed by atoms with Gasteiger partial charge in [0.25, 0.3) is 0 Å². The summed E-state index contributed by atoms with van der Waals surface area (Å²) in [5.74, 6) is 0. The summed E-state index contributed by atoms with van der Waals surface area (Å²) in [6.07, 6.45) is 0. The normalized spacial score (nSPS) is 11.8. The van der Waals surface area contributed by atoms with Crippen LogP contribution in [-0.2, 0) is 16.2 Å². The molecule has 0 fully saturated rings. The first-order valence-corrected chi connectivity index (χ1v) is 22.2. The second kappa shape index (κ2) is 13.4. The van der Waals surface area contributed by atoms with Crippen LogP contribution in [0.1, 0.15) is 11.1 Å². The molecule has 0 heterocycles. The van der Waals surface area contributed by atoms with E-state index in [9.17, 15) is 0 Å². The Morgan fingerprint density at radius 1 is 0.333 bits per heavy atom. The molecule has 0 saturated carbocycles. The molecule has 45 heavy (non-hydrogen) atoms. The van der Waals surface area contributed by atoms with E-state index >= 15 is 0 Å². The third-order valence-corrected chi connectivity index (χ3v) is 15.3. The van der Waals surface area contributed by atoms with E-state index in [0.29, 0.717) is 0 Å². The zero-order valence-electron chi connectivity index (χ0n) is 26.8. The first-order chi connectivity index (χ1) is 21.8. The van der Waals surface area contributed by atoms with Crippen LogP contribution < -0.4 is 0 Å². The standard InChI is InChI=1S/C42H42OSi2/c1-44(2,31-41-37(33-19-9-5-10-20-33)27-17-28-38(41)34-21-11-6-12-22-34)43-45(3,4)32-42-39(35-23-13-7-14-24-35)29-18-30-40(42)36-25-15-8-16-26-36/h5-30H,31-32H2,1-4H3. The van der Waals surface area contributed by atoms with Gasteiger partial charge < -0.3 is 4.12 Å². The van der Waals surface area contributed by atoms with Gasteiger partial charge in [0, 0.05) is 0 Å². The molecule has 0 radical (unpaired) electrons. The third-order valence-electron chi connectivity index (χ3n) is 8.45. The highest BCUT2D eigenvalue weighted by atomic mass is 28.4. The lowest BCUT2D eigenvalue weighted by molar-refractivity contribution is 0.538. The molecule has 0 unspecified atom stereocenters. The molecule has 0 N–H and O–H groups in total. The van der Waals surface area contributed by atoms with Crippen molar-refractivity contribution < 1.29 is 4.12 Å². The van der Waals surface area contributed by atoms with E-state index in [4.69, 9.17) is 4.12 Å². The maximum atomic E-state index is 7.47. The SMILES string of the molecule is C[Si](C)(Cc1c(-c2ccccc2)cccc1-c1ccccc1)O[Si](C)(C)Cc1c(-c2ccccc2)cccc1-c1ccccc1. The molecule has 0 bridgehead atoms. The molecular weight excluding hydrogens is 577 g/mol. The van der Waals surface area contributed by atoms with Crippen molar-refractivity contribution in [3.05, 3.63) is 169 Å². The Hall–Kier alpha value is -4.29. The molecule has 0 saturated heterocycles. The fourth-order valence-corrected chi connectivity index (χ4v) is 15.8. The average Bonchev–Trinajstić information content (AvgIpc) is 3.05. The van der Waals surface area contributed by atoms with Gasteiger partial charge in [-0.25, -0.2) is 0 Å². The highest BCUT2D eigenvalue weighted by molar-refractivity contribution is 6.84. The third kappa shape index (κ3) is 7.34. The minimum atomic E-state index is -2.19. The molecule has 6 aromatic carbocycles. The van der Waals surface area contributed by atoms with Crippen LogP contribution in [0.2, 0.25) is 26.2 Å². The minimum absolute atomic E-state index is 0.949. The van der Waals surface area contributed by atoms with Gasteiger partial charge in [0.15, 0.2) is 16.6 Å². The Bertz CT molecular complexity index is 1590. The smallest absolute Gasteiger partial charge is 0.177 e. The van der Waals surface area contributed by atoms with E-state index in [1.165, 1.54) is 55.6 Å². The summed E-state index contributed by atoms with van der Waals surface area (Å²) in [6, 6.07) is 58.7. The molecule has 224 valence electrons. The first kappa shape index (κ1) is 30.7. The van der Waals surface area contributed by atoms with Crippen LogP contribution in [-0.4, -0.2) is 16.6 Å². The Labute approximate surface area is 271 Å². The Morgan fingerprint density at radius 2 is 0.578 bits per heavy atom. The lowest BCUT2D eigenvalue weighted by Crippen LogP contribution is -2.48. The molecule has 0 spiro atoms. The molecule has 0 aliphatic heterocycles.